The Labute approximate surface area is 136 Å². The Balaban J connectivity index is 1.82. The summed E-state index contributed by atoms with van der Waals surface area (Å²) < 4.78 is 7.30. The first-order valence-electron chi connectivity index (χ1n) is 8.25. The van der Waals surface area contributed by atoms with Crippen LogP contribution in [0.3, 0.4) is 0 Å². The molecule has 0 aromatic carbocycles. The average Bonchev–Trinajstić information content (AvgIpc) is 3.08. The van der Waals surface area contributed by atoms with Gasteiger partial charge in [0.15, 0.2) is 0 Å². The Morgan fingerprint density at radius 3 is 2.87 bits per heavy atom. The molecule has 0 N–H and O–H groups in total. The highest BCUT2D eigenvalue weighted by Crippen LogP contribution is 2.28. The van der Waals surface area contributed by atoms with E-state index in [0.29, 0.717) is 24.3 Å². The van der Waals surface area contributed by atoms with E-state index < -0.39 is 0 Å². The van der Waals surface area contributed by atoms with Crippen molar-refractivity contribution in [3.8, 4) is 0 Å². The van der Waals surface area contributed by atoms with Gasteiger partial charge in [-0.25, -0.2) is 4.98 Å². The molecule has 1 aliphatic heterocycles. The fourth-order valence-electron chi connectivity index (χ4n) is 3.48. The van der Waals surface area contributed by atoms with E-state index in [1.165, 1.54) is 0 Å². The van der Waals surface area contributed by atoms with Crippen molar-refractivity contribution in [2.24, 2.45) is 7.05 Å². The van der Waals surface area contributed by atoms with Crippen LogP contribution >= 0.6 is 0 Å². The van der Waals surface area contributed by atoms with E-state index in [2.05, 4.69) is 14.7 Å². The van der Waals surface area contributed by atoms with Gasteiger partial charge in [-0.3, -0.25) is 4.79 Å². The van der Waals surface area contributed by atoms with E-state index in [4.69, 9.17) is 4.52 Å². The number of likely N-dealkylation sites (tertiary alicyclic amines) is 1. The van der Waals surface area contributed by atoms with Gasteiger partial charge in [-0.2, -0.15) is 0 Å². The minimum absolute atomic E-state index is 0.0382. The van der Waals surface area contributed by atoms with E-state index in [1.807, 2.05) is 38.9 Å². The molecule has 2 aromatic rings. The summed E-state index contributed by atoms with van der Waals surface area (Å²) in [4.78, 5) is 19.5. The number of nitrogens with zero attached hydrogens (tertiary/aromatic N) is 4. The van der Waals surface area contributed by atoms with Gasteiger partial charge in [0.2, 0.25) is 0 Å². The number of imidazole rings is 1. The molecule has 1 fully saturated rings. The van der Waals surface area contributed by atoms with Crippen molar-refractivity contribution in [2.75, 3.05) is 13.1 Å². The molecule has 1 saturated heterocycles. The summed E-state index contributed by atoms with van der Waals surface area (Å²) in [7, 11) is 2.02. The molecule has 124 valence electrons. The maximum absolute atomic E-state index is 12.9. The number of carbonyl (C=O) groups excluding carboxylic acids is 1. The van der Waals surface area contributed by atoms with Gasteiger partial charge >= 0.3 is 0 Å². The van der Waals surface area contributed by atoms with E-state index in [-0.39, 0.29) is 11.8 Å². The van der Waals surface area contributed by atoms with E-state index in [1.54, 1.807) is 0 Å². The molecule has 6 heteroatoms. The highest BCUT2D eigenvalue weighted by Gasteiger charge is 2.30. The molecule has 2 aromatic heterocycles. The molecule has 0 saturated carbocycles. The van der Waals surface area contributed by atoms with Crippen LogP contribution in [0.25, 0.3) is 0 Å². The zero-order valence-electron chi connectivity index (χ0n) is 14.3. The minimum Gasteiger partial charge on any atom is -0.361 e. The third-order valence-electron chi connectivity index (χ3n) is 4.59. The van der Waals surface area contributed by atoms with Crippen molar-refractivity contribution in [2.45, 2.75) is 46.0 Å². The highest BCUT2D eigenvalue weighted by atomic mass is 16.5. The molecule has 0 radical (unpaired) electrons. The van der Waals surface area contributed by atoms with Crippen molar-refractivity contribution in [1.82, 2.24) is 19.6 Å². The molecular weight excluding hydrogens is 292 g/mol. The lowest BCUT2D eigenvalue weighted by molar-refractivity contribution is 0.0701. The number of rotatable bonds is 3. The molecule has 3 heterocycles. The van der Waals surface area contributed by atoms with Gasteiger partial charge in [-0.15, -0.1) is 0 Å². The SMILES string of the molecule is CCc1noc(C)c1C(=O)N1CCC[C@@H](c2nc(C)cn2C)C1. The lowest BCUT2D eigenvalue weighted by Crippen LogP contribution is -2.40. The number of amides is 1. The van der Waals surface area contributed by atoms with Gasteiger partial charge in [0.05, 0.1) is 11.4 Å². The first-order chi connectivity index (χ1) is 11.0. The predicted octanol–water partition coefficient (Wildman–Crippen LogP) is 2.61. The highest BCUT2D eigenvalue weighted by molar-refractivity contribution is 5.96. The summed E-state index contributed by atoms with van der Waals surface area (Å²) in [6, 6.07) is 0. The van der Waals surface area contributed by atoms with E-state index >= 15 is 0 Å². The second-order valence-electron chi connectivity index (χ2n) is 6.36. The number of aryl methyl sites for hydroxylation is 4. The topological polar surface area (TPSA) is 64.2 Å². The van der Waals surface area contributed by atoms with E-state index in [0.717, 1.165) is 36.6 Å². The number of hydrogen-bond donors (Lipinski definition) is 0. The normalized spacial score (nSPS) is 18.4. The molecule has 0 bridgehead atoms. The number of hydrogen-bond acceptors (Lipinski definition) is 4. The molecule has 3 rings (SSSR count). The second kappa shape index (κ2) is 6.18. The number of carbonyl (C=O) groups is 1. The Kier molecular flexibility index (Phi) is 4.24. The molecule has 1 aliphatic rings. The Hall–Kier alpha value is -2.11. The fourth-order valence-corrected chi connectivity index (χ4v) is 3.48. The summed E-state index contributed by atoms with van der Waals surface area (Å²) >= 11 is 0. The zero-order valence-corrected chi connectivity index (χ0v) is 14.3. The van der Waals surface area contributed by atoms with Gasteiger partial charge < -0.3 is 14.0 Å². The summed E-state index contributed by atoms with van der Waals surface area (Å²) in [5.74, 6) is 2.01. The molecule has 0 unspecified atom stereocenters. The second-order valence-corrected chi connectivity index (χ2v) is 6.36. The molecule has 23 heavy (non-hydrogen) atoms. The van der Waals surface area contributed by atoms with Crippen LogP contribution in [-0.4, -0.2) is 38.6 Å². The van der Waals surface area contributed by atoms with Crippen molar-refractivity contribution in [1.29, 1.82) is 0 Å². The Morgan fingerprint density at radius 1 is 1.43 bits per heavy atom. The van der Waals surface area contributed by atoms with Crippen LogP contribution in [0.2, 0.25) is 0 Å². The van der Waals surface area contributed by atoms with Crippen LogP contribution < -0.4 is 0 Å². The van der Waals surface area contributed by atoms with Crippen molar-refractivity contribution in [3.63, 3.8) is 0 Å². The molecule has 6 nitrogen and oxygen atoms in total. The van der Waals surface area contributed by atoms with Crippen molar-refractivity contribution in [3.05, 3.63) is 34.7 Å². The third kappa shape index (κ3) is 2.90. The molecular formula is C17H24N4O2. The van der Waals surface area contributed by atoms with Gasteiger partial charge in [-0.05, 0) is 33.1 Å². The van der Waals surface area contributed by atoms with Crippen LogP contribution in [0, 0.1) is 13.8 Å². The van der Waals surface area contributed by atoms with Crippen LogP contribution in [0.1, 0.15) is 59.0 Å². The monoisotopic (exact) mass is 316 g/mol. The summed E-state index contributed by atoms with van der Waals surface area (Å²) in [5.41, 5.74) is 2.42. The standard InChI is InChI=1S/C17H24N4O2/c1-5-14-15(12(3)23-19-14)17(22)21-8-6-7-13(10-21)16-18-11(2)9-20(16)4/h9,13H,5-8,10H2,1-4H3/t13-/m1/s1. The molecule has 1 atom stereocenters. The third-order valence-corrected chi connectivity index (χ3v) is 4.59. The summed E-state index contributed by atoms with van der Waals surface area (Å²) in [5, 5.41) is 4.01. The number of piperidine rings is 1. The summed E-state index contributed by atoms with van der Waals surface area (Å²) in [6.45, 7) is 7.29. The maximum Gasteiger partial charge on any atom is 0.259 e. The average molecular weight is 316 g/mol. The lowest BCUT2D eigenvalue weighted by atomic mass is 9.96. The van der Waals surface area contributed by atoms with Crippen molar-refractivity contribution < 1.29 is 9.32 Å². The Morgan fingerprint density at radius 2 is 2.22 bits per heavy atom. The minimum atomic E-state index is 0.0382. The van der Waals surface area contributed by atoms with Gasteiger partial charge in [-0.1, -0.05) is 12.1 Å². The largest absolute Gasteiger partial charge is 0.361 e. The van der Waals surface area contributed by atoms with E-state index in [9.17, 15) is 4.79 Å². The van der Waals surface area contributed by atoms with Crippen LogP contribution in [0.15, 0.2) is 10.7 Å². The first-order valence-corrected chi connectivity index (χ1v) is 8.25. The van der Waals surface area contributed by atoms with Gasteiger partial charge in [0, 0.05) is 32.3 Å². The van der Waals surface area contributed by atoms with Crippen LogP contribution in [-0.2, 0) is 13.5 Å². The quantitative estimate of drug-likeness (QED) is 0.873. The maximum atomic E-state index is 12.9. The molecule has 0 aliphatic carbocycles. The summed E-state index contributed by atoms with van der Waals surface area (Å²) in [6.07, 6.45) is 4.80. The molecule has 1 amide bonds. The van der Waals surface area contributed by atoms with Gasteiger partial charge in [0.1, 0.15) is 17.1 Å². The first kappa shape index (κ1) is 15.8. The lowest BCUT2D eigenvalue weighted by Gasteiger charge is -2.32. The zero-order chi connectivity index (χ0) is 16.6. The fraction of sp³-hybridized carbons (Fsp3) is 0.588. The van der Waals surface area contributed by atoms with Crippen LogP contribution in [0.4, 0.5) is 0 Å². The van der Waals surface area contributed by atoms with Crippen LogP contribution in [0.5, 0.6) is 0 Å². The molecule has 0 spiro atoms. The van der Waals surface area contributed by atoms with Crippen molar-refractivity contribution >= 4 is 5.91 Å². The smallest absolute Gasteiger partial charge is 0.259 e. The Bertz CT molecular complexity index is 716. The van der Waals surface area contributed by atoms with Gasteiger partial charge in [0.25, 0.3) is 5.91 Å². The predicted molar refractivity (Wildman–Crippen MR) is 86.4 cm³/mol. The number of aromatic nitrogens is 3.